The summed E-state index contributed by atoms with van der Waals surface area (Å²) in [5.41, 5.74) is 8.92. The molecule has 0 saturated carbocycles. The molecule has 1 heterocycles. The van der Waals surface area contributed by atoms with Crippen molar-refractivity contribution in [2.75, 3.05) is 18.5 Å². The SMILES string of the molecule is Cc1cc(C)c(CN)c(N(C)CC(C)O)n1. The van der Waals surface area contributed by atoms with E-state index in [2.05, 4.69) is 4.98 Å². The van der Waals surface area contributed by atoms with Crippen LogP contribution in [0.1, 0.15) is 23.7 Å². The lowest BCUT2D eigenvalue weighted by Crippen LogP contribution is -2.29. The lowest BCUT2D eigenvalue weighted by molar-refractivity contribution is 0.201. The third kappa shape index (κ3) is 2.93. The topological polar surface area (TPSA) is 62.4 Å². The molecule has 0 aromatic carbocycles. The van der Waals surface area contributed by atoms with Crippen LogP contribution >= 0.6 is 0 Å². The minimum atomic E-state index is -0.377. The van der Waals surface area contributed by atoms with Gasteiger partial charge in [-0.2, -0.15) is 0 Å². The van der Waals surface area contributed by atoms with Gasteiger partial charge in [0.2, 0.25) is 0 Å². The molecule has 3 N–H and O–H groups in total. The van der Waals surface area contributed by atoms with Crippen molar-refractivity contribution in [3.05, 3.63) is 22.9 Å². The number of hydrogen-bond acceptors (Lipinski definition) is 4. The Morgan fingerprint density at radius 3 is 2.62 bits per heavy atom. The lowest BCUT2D eigenvalue weighted by Gasteiger charge is -2.23. The first-order chi connectivity index (χ1) is 7.45. The van der Waals surface area contributed by atoms with Crippen molar-refractivity contribution < 1.29 is 5.11 Å². The molecular formula is C12H21N3O. The highest BCUT2D eigenvalue weighted by molar-refractivity contribution is 5.51. The van der Waals surface area contributed by atoms with Crippen molar-refractivity contribution in [2.24, 2.45) is 5.73 Å². The van der Waals surface area contributed by atoms with E-state index in [0.717, 1.165) is 22.6 Å². The Labute approximate surface area is 97.1 Å². The van der Waals surface area contributed by atoms with Crippen LogP contribution in [-0.4, -0.2) is 29.8 Å². The molecule has 1 atom stereocenters. The molecule has 1 aromatic heterocycles. The predicted octanol–water partition coefficient (Wildman–Crippen LogP) is 0.974. The Hall–Kier alpha value is -1.13. The molecule has 0 aliphatic rings. The molecule has 0 radical (unpaired) electrons. The zero-order valence-corrected chi connectivity index (χ0v) is 10.5. The van der Waals surface area contributed by atoms with Gasteiger partial charge in [0, 0.05) is 31.4 Å². The minimum absolute atomic E-state index is 0.377. The number of rotatable bonds is 4. The second-order valence-corrected chi connectivity index (χ2v) is 4.32. The van der Waals surface area contributed by atoms with Crippen molar-refractivity contribution in [2.45, 2.75) is 33.4 Å². The minimum Gasteiger partial charge on any atom is -0.392 e. The van der Waals surface area contributed by atoms with Crippen molar-refractivity contribution in [3.8, 4) is 0 Å². The van der Waals surface area contributed by atoms with Crippen LogP contribution < -0.4 is 10.6 Å². The number of likely N-dealkylation sites (N-methyl/N-ethyl adjacent to an activating group) is 1. The van der Waals surface area contributed by atoms with E-state index in [1.165, 1.54) is 0 Å². The monoisotopic (exact) mass is 223 g/mol. The molecule has 4 heteroatoms. The van der Waals surface area contributed by atoms with Crippen LogP contribution in [-0.2, 0) is 6.54 Å². The van der Waals surface area contributed by atoms with Crippen molar-refractivity contribution >= 4 is 5.82 Å². The number of aliphatic hydroxyl groups is 1. The van der Waals surface area contributed by atoms with E-state index in [0.29, 0.717) is 13.1 Å². The molecule has 16 heavy (non-hydrogen) atoms. The first kappa shape index (κ1) is 12.9. The van der Waals surface area contributed by atoms with Gasteiger partial charge in [0.25, 0.3) is 0 Å². The summed E-state index contributed by atoms with van der Waals surface area (Å²) < 4.78 is 0. The maximum Gasteiger partial charge on any atom is 0.133 e. The molecular weight excluding hydrogens is 202 g/mol. The molecule has 0 amide bonds. The molecule has 1 rings (SSSR count). The smallest absolute Gasteiger partial charge is 0.133 e. The summed E-state index contributed by atoms with van der Waals surface area (Å²) in [6, 6.07) is 2.03. The van der Waals surface area contributed by atoms with E-state index in [1.807, 2.05) is 31.9 Å². The highest BCUT2D eigenvalue weighted by atomic mass is 16.3. The number of pyridine rings is 1. The fraction of sp³-hybridized carbons (Fsp3) is 0.583. The number of nitrogens with zero attached hydrogens (tertiary/aromatic N) is 2. The Kier molecular flexibility index (Phi) is 4.26. The Morgan fingerprint density at radius 2 is 2.12 bits per heavy atom. The van der Waals surface area contributed by atoms with E-state index >= 15 is 0 Å². The Morgan fingerprint density at radius 1 is 1.50 bits per heavy atom. The molecule has 0 aliphatic heterocycles. The standard InChI is InChI=1S/C12H21N3O/c1-8-5-9(2)14-12(11(8)6-13)15(4)7-10(3)16/h5,10,16H,6-7,13H2,1-4H3. The number of nitrogens with two attached hydrogens (primary N) is 1. The fourth-order valence-corrected chi connectivity index (χ4v) is 1.89. The Bertz CT molecular complexity index is 364. The quantitative estimate of drug-likeness (QED) is 0.798. The molecule has 0 aliphatic carbocycles. The van der Waals surface area contributed by atoms with Crippen LogP contribution in [0, 0.1) is 13.8 Å². The zero-order valence-electron chi connectivity index (χ0n) is 10.5. The molecule has 0 saturated heterocycles. The average Bonchev–Trinajstić information content (AvgIpc) is 2.15. The van der Waals surface area contributed by atoms with Crippen LogP contribution in [0.25, 0.3) is 0 Å². The molecule has 1 aromatic rings. The zero-order chi connectivity index (χ0) is 12.3. The highest BCUT2D eigenvalue weighted by Gasteiger charge is 2.12. The van der Waals surface area contributed by atoms with Crippen LogP contribution in [0.5, 0.6) is 0 Å². The summed E-state index contributed by atoms with van der Waals surface area (Å²) in [4.78, 5) is 6.44. The van der Waals surface area contributed by atoms with Crippen molar-refractivity contribution in [1.82, 2.24) is 4.98 Å². The summed E-state index contributed by atoms with van der Waals surface area (Å²) in [6.45, 7) is 6.80. The van der Waals surface area contributed by atoms with Gasteiger partial charge in [0.15, 0.2) is 0 Å². The molecule has 0 spiro atoms. The summed E-state index contributed by atoms with van der Waals surface area (Å²) in [7, 11) is 1.92. The largest absolute Gasteiger partial charge is 0.392 e. The molecule has 0 bridgehead atoms. The third-order valence-corrected chi connectivity index (χ3v) is 2.56. The van der Waals surface area contributed by atoms with E-state index in [1.54, 1.807) is 6.92 Å². The summed E-state index contributed by atoms with van der Waals surface area (Å²) in [5.74, 6) is 0.876. The second-order valence-electron chi connectivity index (χ2n) is 4.32. The van der Waals surface area contributed by atoms with Crippen LogP contribution in [0.2, 0.25) is 0 Å². The van der Waals surface area contributed by atoms with Crippen LogP contribution in [0.4, 0.5) is 5.82 Å². The highest BCUT2D eigenvalue weighted by Crippen LogP contribution is 2.21. The van der Waals surface area contributed by atoms with Gasteiger partial charge in [0.1, 0.15) is 5.82 Å². The van der Waals surface area contributed by atoms with Gasteiger partial charge < -0.3 is 15.7 Å². The van der Waals surface area contributed by atoms with Crippen LogP contribution in [0.3, 0.4) is 0 Å². The van der Waals surface area contributed by atoms with Crippen molar-refractivity contribution in [1.29, 1.82) is 0 Å². The normalized spacial score (nSPS) is 12.6. The van der Waals surface area contributed by atoms with Crippen molar-refractivity contribution in [3.63, 3.8) is 0 Å². The van der Waals surface area contributed by atoms with Gasteiger partial charge in [-0.3, -0.25) is 0 Å². The number of hydrogen-bond donors (Lipinski definition) is 2. The lowest BCUT2D eigenvalue weighted by atomic mass is 10.1. The van der Waals surface area contributed by atoms with Gasteiger partial charge in [-0.1, -0.05) is 0 Å². The summed E-state index contributed by atoms with van der Waals surface area (Å²) in [6.07, 6.45) is -0.377. The predicted molar refractivity (Wildman–Crippen MR) is 66.6 cm³/mol. The van der Waals surface area contributed by atoms with E-state index in [-0.39, 0.29) is 6.10 Å². The second kappa shape index (κ2) is 5.27. The summed E-state index contributed by atoms with van der Waals surface area (Å²) >= 11 is 0. The molecule has 1 unspecified atom stereocenters. The van der Waals surface area contributed by atoms with E-state index in [4.69, 9.17) is 5.73 Å². The fourth-order valence-electron chi connectivity index (χ4n) is 1.89. The number of anilines is 1. The molecule has 4 nitrogen and oxygen atoms in total. The van der Waals surface area contributed by atoms with Gasteiger partial charge in [-0.25, -0.2) is 4.98 Å². The maximum atomic E-state index is 9.39. The first-order valence-electron chi connectivity index (χ1n) is 5.52. The number of aliphatic hydroxyl groups excluding tert-OH is 1. The van der Waals surface area contributed by atoms with E-state index < -0.39 is 0 Å². The average molecular weight is 223 g/mol. The first-order valence-corrected chi connectivity index (χ1v) is 5.52. The number of aryl methyl sites for hydroxylation is 2. The van der Waals surface area contributed by atoms with Gasteiger partial charge >= 0.3 is 0 Å². The van der Waals surface area contributed by atoms with E-state index in [9.17, 15) is 5.11 Å². The Balaban J connectivity index is 3.10. The molecule has 0 fully saturated rings. The maximum absolute atomic E-state index is 9.39. The van der Waals surface area contributed by atoms with Gasteiger partial charge in [0.05, 0.1) is 6.10 Å². The number of aromatic nitrogens is 1. The van der Waals surface area contributed by atoms with Gasteiger partial charge in [-0.15, -0.1) is 0 Å². The van der Waals surface area contributed by atoms with Gasteiger partial charge in [-0.05, 0) is 32.4 Å². The van der Waals surface area contributed by atoms with Crippen LogP contribution in [0.15, 0.2) is 6.07 Å². The third-order valence-electron chi connectivity index (χ3n) is 2.56. The summed E-state index contributed by atoms with van der Waals surface area (Å²) in [5, 5.41) is 9.39. The molecule has 90 valence electrons.